The Labute approximate surface area is 192 Å². The summed E-state index contributed by atoms with van der Waals surface area (Å²) in [6.45, 7) is 10.4. The molecule has 1 saturated heterocycles. The maximum atomic E-state index is 4.77. The van der Waals surface area contributed by atoms with Gasteiger partial charge in [-0.1, -0.05) is 55.1 Å². The SMILES string of the molecule is C=C/C(=C\C=C/C)CC1CCN(C(c2ccccn2)c2ccc3cccnc3c2C)CC1. The van der Waals surface area contributed by atoms with E-state index < -0.39 is 0 Å². The highest BCUT2D eigenvalue weighted by Crippen LogP contribution is 2.36. The molecule has 0 spiro atoms. The first kappa shape index (κ1) is 22.2. The average molecular weight is 424 g/mol. The van der Waals surface area contributed by atoms with E-state index in [0.717, 1.165) is 30.7 Å². The zero-order valence-corrected chi connectivity index (χ0v) is 19.2. The lowest BCUT2D eigenvalue weighted by molar-refractivity contribution is 0.149. The Bertz CT molecular complexity index is 1110. The summed E-state index contributed by atoms with van der Waals surface area (Å²) in [6.07, 6.45) is 15.7. The van der Waals surface area contributed by atoms with E-state index in [1.54, 1.807) is 0 Å². The molecule has 164 valence electrons. The van der Waals surface area contributed by atoms with Crippen molar-refractivity contribution in [1.29, 1.82) is 0 Å². The summed E-state index contributed by atoms with van der Waals surface area (Å²) in [5.74, 6) is 0.699. The molecule has 3 nitrogen and oxygen atoms in total. The summed E-state index contributed by atoms with van der Waals surface area (Å²) in [5.41, 5.74) is 6.10. The van der Waals surface area contributed by atoms with Crippen LogP contribution < -0.4 is 0 Å². The first-order valence-corrected chi connectivity index (χ1v) is 11.6. The molecule has 1 fully saturated rings. The summed E-state index contributed by atoms with van der Waals surface area (Å²) in [7, 11) is 0. The van der Waals surface area contributed by atoms with Crippen LogP contribution in [0.3, 0.4) is 0 Å². The minimum Gasteiger partial charge on any atom is -0.291 e. The van der Waals surface area contributed by atoms with E-state index >= 15 is 0 Å². The van der Waals surface area contributed by atoms with Crippen molar-refractivity contribution in [3.63, 3.8) is 0 Å². The monoisotopic (exact) mass is 423 g/mol. The second kappa shape index (κ2) is 10.5. The van der Waals surface area contributed by atoms with Gasteiger partial charge in [0.15, 0.2) is 0 Å². The van der Waals surface area contributed by atoms with Gasteiger partial charge >= 0.3 is 0 Å². The molecule has 3 heterocycles. The second-order valence-corrected chi connectivity index (χ2v) is 8.67. The van der Waals surface area contributed by atoms with Gasteiger partial charge in [-0.25, -0.2) is 0 Å². The van der Waals surface area contributed by atoms with Crippen molar-refractivity contribution in [2.45, 2.75) is 39.2 Å². The highest BCUT2D eigenvalue weighted by molar-refractivity contribution is 5.82. The van der Waals surface area contributed by atoms with Crippen molar-refractivity contribution >= 4 is 10.9 Å². The van der Waals surface area contributed by atoms with Gasteiger partial charge in [0, 0.05) is 17.8 Å². The summed E-state index contributed by atoms with van der Waals surface area (Å²) in [5, 5.41) is 1.19. The summed E-state index contributed by atoms with van der Waals surface area (Å²) < 4.78 is 0. The molecule has 1 aliphatic rings. The van der Waals surface area contributed by atoms with Crippen LogP contribution in [-0.2, 0) is 0 Å². The lowest BCUT2D eigenvalue weighted by Crippen LogP contribution is -2.38. The molecule has 3 heteroatoms. The summed E-state index contributed by atoms with van der Waals surface area (Å²) >= 11 is 0. The smallest absolute Gasteiger partial charge is 0.0779 e. The van der Waals surface area contributed by atoms with Crippen LogP contribution in [0.25, 0.3) is 10.9 Å². The number of pyridine rings is 2. The predicted octanol–water partition coefficient (Wildman–Crippen LogP) is 6.82. The molecule has 0 radical (unpaired) electrons. The van der Waals surface area contributed by atoms with E-state index in [1.165, 1.54) is 34.9 Å². The van der Waals surface area contributed by atoms with Crippen LogP contribution in [0, 0.1) is 12.8 Å². The lowest BCUT2D eigenvalue weighted by Gasteiger charge is -2.38. The fourth-order valence-corrected chi connectivity index (χ4v) is 4.87. The third-order valence-corrected chi connectivity index (χ3v) is 6.64. The molecule has 0 amide bonds. The molecule has 0 N–H and O–H groups in total. The van der Waals surface area contributed by atoms with E-state index in [1.807, 2.05) is 30.6 Å². The molecular weight excluding hydrogens is 390 g/mol. The summed E-state index contributed by atoms with van der Waals surface area (Å²) in [4.78, 5) is 12.1. The number of allylic oxidation sites excluding steroid dienone is 5. The molecule has 1 unspecified atom stereocenters. The minimum atomic E-state index is 0.154. The number of fused-ring (bicyclic) bond motifs is 1. The van der Waals surface area contributed by atoms with Crippen LogP contribution in [0.1, 0.15) is 49.0 Å². The Morgan fingerprint density at radius 1 is 1.09 bits per heavy atom. The maximum absolute atomic E-state index is 4.77. The third-order valence-electron chi connectivity index (χ3n) is 6.64. The Morgan fingerprint density at radius 3 is 2.62 bits per heavy atom. The molecule has 0 bridgehead atoms. The van der Waals surface area contributed by atoms with E-state index in [4.69, 9.17) is 4.98 Å². The van der Waals surface area contributed by atoms with E-state index in [2.05, 4.69) is 78.9 Å². The average Bonchev–Trinajstić information content (AvgIpc) is 2.85. The molecular formula is C29H33N3. The Morgan fingerprint density at radius 2 is 1.91 bits per heavy atom. The molecule has 0 aliphatic carbocycles. The van der Waals surface area contributed by atoms with Crippen LogP contribution in [0.15, 0.2) is 91.3 Å². The fourth-order valence-electron chi connectivity index (χ4n) is 4.87. The van der Waals surface area contributed by atoms with Crippen molar-refractivity contribution in [2.24, 2.45) is 5.92 Å². The standard InChI is InChI=1S/C29H33N3/c1-4-6-10-23(5-2)21-24-15-19-32(20-16-24)29(27-12-7-8-17-30-27)26-14-13-25-11-9-18-31-28(25)22(26)3/h4-14,17-18,24,29H,2,15-16,19-21H2,1,3H3/b6-4-,23-10+. The number of hydrogen-bond acceptors (Lipinski definition) is 3. The van der Waals surface area contributed by atoms with E-state index in [0.29, 0.717) is 5.92 Å². The minimum absolute atomic E-state index is 0.154. The van der Waals surface area contributed by atoms with Crippen molar-refractivity contribution in [1.82, 2.24) is 14.9 Å². The highest BCUT2D eigenvalue weighted by atomic mass is 15.2. The van der Waals surface area contributed by atoms with Crippen LogP contribution in [-0.4, -0.2) is 28.0 Å². The van der Waals surface area contributed by atoms with Crippen molar-refractivity contribution < 1.29 is 0 Å². The number of piperidine rings is 1. The van der Waals surface area contributed by atoms with Gasteiger partial charge in [0.25, 0.3) is 0 Å². The normalized spacial score (nSPS) is 17.1. The second-order valence-electron chi connectivity index (χ2n) is 8.67. The van der Waals surface area contributed by atoms with Crippen LogP contribution >= 0.6 is 0 Å². The molecule has 32 heavy (non-hydrogen) atoms. The molecule has 0 saturated carbocycles. The topological polar surface area (TPSA) is 29.0 Å². The number of aryl methyl sites for hydroxylation is 1. The van der Waals surface area contributed by atoms with E-state index in [-0.39, 0.29) is 6.04 Å². The first-order chi connectivity index (χ1) is 15.7. The van der Waals surface area contributed by atoms with Gasteiger partial charge in [0.1, 0.15) is 0 Å². The zero-order valence-electron chi connectivity index (χ0n) is 19.2. The molecule has 1 aromatic carbocycles. The first-order valence-electron chi connectivity index (χ1n) is 11.6. The quantitative estimate of drug-likeness (QED) is 0.391. The van der Waals surface area contributed by atoms with Crippen LogP contribution in [0.4, 0.5) is 0 Å². The molecule has 4 rings (SSSR count). The zero-order chi connectivity index (χ0) is 22.3. The molecule has 2 aromatic heterocycles. The largest absolute Gasteiger partial charge is 0.291 e. The number of likely N-dealkylation sites (tertiary alicyclic amines) is 1. The Kier molecular flexibility index (Phi) is 7.28. The fraction of sp³-hybridized carbons (Fsp3) is 0.310. The maximum Gasteiger partial charge on any atom is 0.0779 e. The Balaban J connectivity index is 1.60. The van der Waals surface area contributed by atoms with Gasteiger partial charge in [0.05, 0.1) is 17.3 Å². The van der Waals surface area contributed by atoms with Crippen molar-refractivity contribution in [3.05, 3.63) is 108 Å². The van der Waals surface area contributed by atoms with Gasteiger partial charge < -0.3 is 0 Å². The van der Waals surface area contributed by atoms with Gasteiger partial charge in [-0.15, -0.1) is 0 Å². The highest BCUT2D eigenvalue weighted by Gasteiger charge is 2.29. The number of hydrogen-bond donors (Lipinski definition) is 0. The van der Waals surface area contributed by atoms with Crippen molar-refractivity contribution in [2.75, 3.05) is 13.1 Å². The van der Waals surface area contributed by atoms with Crippen LogP contribution in [0.5, 0.6) is 0 Å². The van der Waals surface area contributed by atoms with Crippen molar-refractivity contribution in [3.8, 4) is 0 Å². The Hall–Kier alpha value is -3.04. The summed E-state index contributed by atoms with van der Waals surface area (Å²) in [6, 6.07) is 15.0. The third kappa shape index (κ3) is 4.89. The van der Waals surface area contributed by atoms with Crippen LogP contribution in [0.2, 0.25) is 0 Å². The van der Waals surface area contributed by atoms with Gasteiger partial charge in [-0.2, -0.15) is 0 Å². The predicted molar refractivity (Wildman–Crippen MR) is 135 cm³/mol. The van der Waals surface area contributed by atoms with E-state index in [9.17, 15) is 0 Å². The number of rotatable bonds is 7. The van der Waals surface area contributed by atoms with Gasteiger partial charge in [0.2, 0.25) is 0 Å². The number of aromatic nitrogens is 2. The van der Waals surface area contributed by atoms with Gasteiger partial charge in [-0.05, 0) is 87.0 Å². The van der Waals surface area contributed by atoms with Gasteiger partial charge in [-0.3, -0.25) is 14.9 Å². The molecule has 1 aliphatic heterocycles. The molecule has 1 atom stereocenters. The lowest BCUT2D eigenvalue weighted by atomic mass is 9.87. The number of benzene rings is 1. The number of nitrogens with zero attached hydrogens (tertiary/aromatic N) is 3. The molecule has 3 aromatic rings.